The van der Waals surface area contributed by atoms with Crippen LogP contribution in [0, 0.1) is 0 Å². The Morgan fingerprint density at radius 3 is 3.00 bits per heavy atom. The van der Waals surface area contributed by atoms with Crippen LogP contribution >= 0.6 is 11.8 Å². The topological polar surface area (TPSA) is 76.3 Å². The number of amides is 1. The summed E-state index contributed by atoms with van der Waals surface area (Å²) in [5, 5.41) is 6.43. The van der Waals surface area contributed by atoms with Crippen molar-refractivity contribution in [1.82, 2.24) is 15.1 Å². The van der Waals surface area contributed by atoms with Crippen molar-refractivity contribution < 1.29 is 9.18 Å². The van der Waals surface area contributed by atoms with Crippen LogP contribution in [0.2, 0.25) is 0 Å². The van der Waals surface area contributed by atoms with Gasteiger partial charge in [0.25, 0.3) is 11.5 Å². The first-order valence-corrected chi connectivity index (χ1v) is 5.75. The molecule has 2 heterocycles. The van der Waals surface area contributed by atoms with Crippen molar-refractivity contribution in [1.29, 1.82) is 0 Å². The third kappa shape index (κ3) is 2.70. The molecular weight excluding hydrogens is 247 g/mol. The van der Waals surface area contributed by atoms with E-state index >= 15 is 0 Å². The first-order valence-electron chi connectivity index (χ1n) is 4.76. The van der Waals surface area contributed by atoms with Crippen LogP contribution in [0.25, 0.3) is 0 Å². The number of amidine groups is 1. The van der Waals surface area contributed by atoms with Crippen molar-refractivity contribution in [2.75, 3.05) is 5.75 Å². The first kappa shape index (κ1) is 11.8. The summed E-state index contributed by atoms with van der Waals surface area (Å²) < 4.78 is 13.8. The lowest BCUT2D eigenvalue weighted by atomic mass is 10.4. The number of thioether (sulfide) groups is 1. The van der Waals surface area contributed by atoms with Crippen molar-refractivity contribution in [3.05, 3.63) is 28.2 Å². The molecule has 1 aliphatic rings. The second kappa shape index (κ2) is 4.66. The largest absolute Gasteiger partial charge is 0.300 e. The third-order valence-corrected chi connectivity index (χ3v) is 2.95. The Labute approximate surface area is 99.9 Å². The highest BCUT2D eigenvalue weighted by molar-refractivity contribution is 8.14. The lowest BCUT2D eigenvalue weighted by Gasteiger charge is -2.03. The molecule has 1 aromatic rings. The van der Waals surface area contributed by atoms with Crippen LogP contribution in [0.1, 0.15) is 10.5 Å². The Bertz CT molecular complexity index is 542. The number of hydrogen-bond donors (Lipinski definition) is 1. The Morgan fingerprint density at radius 1 is 1.65 bits per heavy atom. The van der Waals surface area contributed by atoms with Gasteiger partial charge in [-0.15, -0.1) is 0 Å². The Hall–Kier alpha value is -1.70. The molecule has 1 atom stereocenters. The zero-order valence-corrected chi connectivity index (χ0v) is 9.70. The van der Waals surface area contributed by atoms with Gasteiger partial charge in [-0.1, -0.05) is 11.8 Å². The van der Waals surface area contributed by atoms with E-state index in [0.717, 1.165) is 16.4 Å². The van der Waals surface area contributed by atoms with Crippen LogP contribution in [0.15, 0.2) is 21.9 Å². The highest BCUT2D eigenvalue weighted by Crippen LogP contribution is 2.16. The standard InChI is InChI=1S/C9H9FN4O2S/c1-14-7(15)3-2-5(13-14)8(16)12-9-11-6(10)4-17-9/h2-3,6H,4H2,1H3,(H,11,12,16). The summed E-state index contributed by atoms with van der Waals surface area (Å²) in [6.45, 7) is 0. The van der Waals surface area contributed by atoms with Crippen LogP contribution in [0.3, 0.4) is 0 Å². The fraction of sp³-hybridized carbons (Fsp3) is 0.333. The van der Waals surface area contributed by atoms with E-state index < -0.39 is 12.2 Å². The fourth-order valence-electron chi connectivity index (χ4n) is 1.20. The minimum atomic E-state index is -1.27. The number of aromatic nitrogens is 2. The molecular formula is C9H9FN4O2S. The van der Waals surface area contributed by atoms with E-state index in [1.807, 2.05) is 0 Å². The molecule has 1 aliphatic heterocycles. The molecule has 0 saturated heterocycles. The number of hydrogen-bond acceptors (Lipinski definition) is 5. The minimum Gasteiger partial charge on any atom is -0.300 e. The lowest BCUT2D eigenvalue weighted by Crippen LogP contribution is -2.30. The van der Waals surface area contributed by atoms with Crippen molar-refractivity contribution in [2.45, 2.75) is 6.30 Å². The van der Waals surface area contributed by atoms with Gasteiger partial charge in [-0.3, -0.25) is 14.9 Å². The van der Waals surface area contributed by atoms with Crippen LogP contribution in [0.5, 0.6) is 0 Å². The number of alkyl halides is 1. The van der Waals surface area contributed by atoms with Crippen LogP contribution in [-0.2, 0) is 7.05 Å². The molecule has 1 aromatic heterocycles. The smallest absolute Gasteiger partial charge is 0.277 e. The molecule has 1 amide bonds. The zero-order chi connectivity index (χ0) is 12.4. The molecule has 90 valence electrons. The van der Waals surface area contributed by atoms with Crippen molar-refractivity contribution >= 4 is 22.8 Å². The summed E-state index contributed by atoms with van der Waals surface area (Å²) in [7, 11) is 1.44. The summed E-state index contributed by atoms with van der Waals surface area (Å²) in [5.41, 5.74) is -0.226. The second-order valence-electron chi connectivity index (χ2n) is 3.31. The van der Waals surface area contributed by atoms with E-state index in [2.05, 4.69) is 15.4 Å². The molecule has 0 aromatic carbocycles. The molecule has 0 radical (unpaired) electrons. The van der Waals surface area contributed by atoms with Gasteiger partial charge in [-0.25, -0.2) is 14.1 Å². The molecule has 2 rings (SSSR count). The number of nitrogens with zero attached hydrogens (tertiary/aromatic N) is 3. The van der Waals surface area contributed by atoms with Gasteiger partial charge < -0.3 is 0 Å². The Kier molecular flexibility index (Phi) is 3.23. The van der Waals surface area contributed by atoms with E-state index in [4.69, 9.17) is 0 Å². The summed E-state index contributed by atoms with van der Waals surface area (Å²) in [4.78, 5) is 26.3. The van der Waals surface area contributed by atoms with Gasteiger partial charge in [-0.05, 0) is 6.07 Å². The number of aryl methyl sites for hydroxylation is 1. The Balaban J connectivity index is 2.12. The monoisotopic (exact) mass is 256 g/mol. The quantitative estimate of drug-likeness (QED) is 0.712. The number of carbonyl (C=O) groups is 1. The normalized spacial score (nSPS) is 18.9. The van der Waals surface area contributed by atoms with Crippen LogP contribution in [0.4, 0.5) is 4.39 Å². The Morgan fingerprint density at radius 2 is 2.41 bits per heavy atom. The van der Waals surface area contributed by atoms with Gasteiger partial charge in [0, 0.05) is 13.1 Å². The van der Waals surface area contributed by atoms with Crippen molar-refractivity contribution in [3.8, 4) is 0 Å². The molecule has 6 nitrogen and oxygen atoms in total. The summed E-state index contributed by atoms with van der Waals surface area (Å²) in [5.74, 6) is -0.308. The number of aliphatic imine (C=N–C) groups is 1. The van der Waals surface area contributed by atoms with Gasteiger partial charge >= 0.3 is 0 Å². The molecule has 0 aliphatic carbocycles. The fourth-order valence-corrected chi connectivity index (χ4v) is 1.93. The summed E-state index contributed by atoms with van der Waals surface area (Å²) in [6, 6.07) is 2.55. The maximum atomic E-state index is 12.7. The predicted molar refractivity (Wildman–Crippen MR) is 61.7 cm³/mol. The van der Waals surface area contributed by atoms with E-state index in [9.17, 15) is 14.0 Å². The SMILES string of the molecule is Cn1nc(C(=O)NC2=NC(F)CS2)ccc1=O. The highest BCUT2D eigenvalue weighted by atomic mass is 32.2. The average Bonchev–Trinajstić information content (AvgIpc) is 2.68. The summed E-state index contributed by atoms with van der Waals surface area (Å²) in [6.07, 6.45) is -1.27. The zero-order valence-electron chi connectivity index (χ0n) is 8.88. The van der Waals surface area contributed by atoms with Crippen LogP contribution in [-0.4, -0.2) is 32.9 Å². The third-order valence-electron chi connectivity index (χ3n) is 2.03. The number of carbonyl (C=O) groups excluding carboxylic acids is 1. The maximum Gasteiger partial charge on any atom is 0.277 e. The lowest BCUT2D eigenvalue weighted by molar-refractivity contribution is 0.0971. The highest BCUT2D eigenvalue weighted by Gasteiger charge is 2.19. The number of nitrogens with one attached hydrogen (secondary N) is 1. The van der Waals surface area contributed by atoms with E-state index in [1.54, 1.807) is 0 Å². The molecule has 0 saturated carbocycles. The molecule has 0 fully saturated rings. The minimum absolute atomic E-state index is 0.0812. The van der Waals surface area contributed by atoms with E-state index in [-0.39, 0.29) is 22.2 Å². The molecule has 1 N–H and O–H groups in total. The first-order chi connectivity index (χ1) is 8.06. The van der Waals surface area contributed by atoms with Gasteiger partial charge in [0.2, 0.25) is 6.30 Å². The average molecular weight is 256 g/mol. The van der Waals surface area contributed by atoms with Crippen molar-refractivity contribution in [3.63, 3.8) is 0 Å². The van der Waals surface area contributed by atoms with E-state index in [0.29, 0.717) is 0 Å². The van der Waals surface area contributed by atoms with Gasteiger partial charge in [0.15, 0.2) is 5.17 Å². The van der Waals surface area contributed by atoms with Gasteiger partial charge in [0.1, 0.15) is 5.69 Å². The molecule has 17 heavy (non-hydrogen) atoms. The molecule has 0 bridgehead atoms. The summed E-state index contributed by atoms with van der Waals surface area (Å²) >= 11 is 1.13. The van der Waals surface area contributed by atoms with Gasteiger partial charge in [0.05, 0.1) is 5.75 Å². The van der Waals surface area contributed by atoms with E-state index in [1.165, 1.54) is 19.2 Å². The molecule has 1 unspecified atom stereocenters. The molecule has 0 spiro atoms. The molecule has 8 heteroatoms. The second-order valence-corrected chi connectivity index (χ2v) is 4.32. The van der Waals surface area contributed by atoms with Gasteiger partial charge in [-0.2, -0.15) is 5.10 Å². The predicted octanol–water partition coefficient (Wildman–Crippen LogP) is -0.0915. The maximum absolute atomic E-state index is 12.7. The van der Waals surface area contributed by atoms with Crippen LogP contribution < -0.4 is 10.9 Å². The number of halogens is 1. The number of rotatable bonds is 1. The van der Waals surface area contributed by atoms with Crippen molar-refractivity contribution in [2.24, 2.45) is 12.0 Å².